The molecular weight excluding hydrogens is 240 g/mol. The molecule has 2 aromatic heterocycles. The Morgan fingerprint density at radius 1 is 1.65 bits per heavy atom. The number of thiophene rings is 1. The number of hydrogen-bond donors (Lipinski definition) is 1. The van der Waals surface area contributed by atoms with E-state index in [1.54, 1.807) is 29.5 Å². The fraction of sp³-hybridized carbons (Fsp3) is 0.273. The van der Waals surface area contributed by atoms with Gasteiger partial charge in [0.15, 0.2) is 0 Å². The minimum atomic E-state index is -0.852. The van der Waals surface area contributed by atoms with Crippen molar-refractivity contribution in [1.29, 1.82) is 0 Å². The maximum atomic E-state index is 10.5. The molecule has 0 atom stereocenters. The van der Waals surface area contributed by atoms with Crippen molar-refractivity contribution in [2.45, 2.75) is 6.54 Å². The lowest BCUT2D eigenvalue weighted by molar-refractivity contribution is -0.138. The lowest BCUT2D eigenvalue weighted by Crippen LogP contribution is -2.25. The third kappa shape index (κ3) is 3.15. The molecule has 2 rings (SSSR count). The molecule has 17 heavy (non-hydrogen) atoms. The summed E-state index contributed by atoms with van der Waals surface area (Å²) in [7, 11) is 1.73. The lowest BCUT2D eigenvalue weighted by atomic mass is 10.4. The molecule has 2 aromatic rings. The summed E-state index contributed by atoms with van der Waals surface area (Å²) < 4.78 is 5.34. The summed E-state index contributed by atoms with van der Waals surface area (Å²) in [5.74, 6) is -0.270. The molecule has 0 aliphatic heterocycles. The van der Waals surface area contributed by atoms with E-state index in [1.165, 1.54) is 0 Å². The number of carboxylic acids is 1. The summed E-state index contributed by atoms with van der Waals surface area (Å²) in [4.78, 5) is 17.5. The van der Waals surface area contributed by atoms with Crippen LogP contribution in [0.1, 0.15) is 5.69 Å². The Labute approximate surface area is 102 Å². The minimum absolute atomic E-state index is 0.0127. The van der Waals surface area contributed by atoms with Gasteiger partial charge in [0, 0.05) is 6.54 Å². The van der Waals surface area contributed by atoms with Crippen LogP contribution in [0.3, 0.4) is 0 Å². The van der Waals surface area contributed by atoms with Gasteiger partial charge in [-0.1, -0.05) is 6.07 Å². The van der Waals surface area contributed by atoms with Crippen LogP contribution in [0.5, 0.6) is 0 Å². The van der Waals surface area contributed by atoms with E-state index in [9.17, 15) is 4.79 Å². The van der Waals surface area contributed by atoms with Gasteiger partial charge in [-0.15, -0.1) is 11.3 Å². The first kappa shape index (κ1) is 11.8. The first-order valence-electron chi connectivity index (χ1n) is 5.04. The zero-order chi connectivity index (χ0) is 12.3. The van der Waals surface area contributed by atoms with Crippen LogP contribution in [0.4, 0.5) is 0 Å². The number of rotatable bonds is 5. The third-order valence-electron chi connectivity index (χ3n) is 2.12. The Morgan fingerprint density at radius 2 is 2.47 bits per heavy atom. The van der Waals surface area contributed by atoms with Gasteiger partial charge >= 0.3 is 5.97 Å². The summed E-state index contributed by atoms with van der Waals surface area (Å²) in [5.41, 5.74) is 0.733. The first-order valence-corrected chi connectivity index (χ1v) is 5.92. The molecule has 0 unspecified atom stereocenters. The highest BCUT2D eigenvalue weighted by molar-refractivity contribution is 7.13. The van der Waals surface area contributed by atoms with E-state index in [-0.39, 0.29) is 6.54 Å². The number of nitrogens with zero attached hydrogens (tertiary/aromatic N) is 2. The summed E-state index contributed by atoms with van der Waals surface area (Å²) in [6, 6.07) is 3.86. The van der Waals surface area contributed by atoms with Gasteiger partial charge in [0.05, 0.1) is 17.1 Å². The van der Waals surface area contributed by atoms with Crippen molar-refractivity contribution in [3.8, 4) is 10.8 Å². The third-order valence-corrected chi connectivity index (χ3v) is 2.98. The molecule has 0 spiro atoms. The van der Waals surface area contributed by atoms with Crippen molar-refractivity contribution in [3.05, 3.63) is 29.5 Å². The highest BCUT2D eigenvalue weighted by Gasteiger charge is 2.10. The van der Waals surface area contributed by atoms with Crippen molar-refractivity contribution in [3.63, 3.8) is 0 Å². The second kappa shape index (κ2) is 5.11. The summed E-state index contributed by atoms with van der Waals surface area (Å²) in [6.45, 7) is 0.447. The zero-order valence-corrected chi connectivity index (χ0v) is 10.1. The number of aromatic nitrogens is 1. The predicted octanol–water partition coefficient (Wildman–Crippen LogP) is 1.92. The van der Waals surface area contributed by atoms with E-state index >= 15 is 0 Å². The molecule has 0 saturated heterocycles. The van der Waals surface area contributed by atoms with Crippen LogP contribution < -0.4 is 0 Å². The molecule has 90 valence electrons. The van der Waals surface area contributed by atoms with Gasteiger partial charge in [0.25, 0.3) is 0 Å². The maximum Gasteiger partial charge on any atom is 0.317 e. The molecule has 0 bridgehead atoms. The van der Waals surface area contributed by atoms with E-state index in [2.05, 4.69) is 4.98 Å². The standard InChI is InChI=1S/C11H12N2O3S/c1-13(6-10(14)15)5-8-7-16-11(12-8)9-3-2-4-17-9/h2-4,7H,5-6H2,1H3,(H,14,15). The molecule has 0 aliphatic carbocycles. The fourth-order valence-electron chi connectivity index (χ4n) is 1.46. The Bertz CT molecular complexity index is 493. The maximum absolute atomic E-state index is 10.5. The molecule has 0 radical (unpaired) electrons. The monoisotopic (exact) mass is 252 g/mol. The van der Waals surface area contributed by atoms with Crippen LogP contribution >= 0.6 is 11.3 Å². The van der Waals surface area contributed by atoms with Crippen molar-refractivity contribution < 1.29 is 14.3 Å². The Hall–Kier alpha value is -1.66. The fourth-order valence-corrected chi connectivity index (χ4v) is 2.11. The van der Waals surface area contributed by atoms with E-state index in [4.69, 9.17) is 9.52 Å². The molecular formula is C11H12N2O3S. The molecule has 5 nitrogen and oxygen atoms in total. The van der Waals surface area contributed by atoms with Crippen LogP contribution in [0.15, 0.2) is 28.2 Å². The lowest BCUT2D eigenvalue weighted by Gasteiger charge is -2.10. The van der Waals surface area contributed by atoms with Gasteiger partial charge in [0.2, 0.25) is 5.89 Å². The SMILES string of the molecule is CN(CC(=O)O)Cc1coc(-c2cccs2)n1. The van der Waals surface area contributed by atoms with Crippen LogP contribution in [0.25, 0.3) is 10.8 Å². The van der Waals surface area contributed by atoms with Gasteiger partial charge in [-0.2, -0.15) is 0 Å². The van der Waals surface area contributed by atoms with Crippen molar-refractivity contribution in [2.24, 2.45) is 0 Å². The summed E-state index contributed by atoms with van der Waals surface area (Å²) >= 11 is 1.55. The van der Waals surface area contributed by atoms with Crippen molar-refractivity contribution in [1.82, 2.24) is 9.88 Å². The van der Waals surface area contributed by atoms with Crippen LogP contribution in [0, 0.1) is 0 Å². The second-order valence-electron chi connectivity index (χ2n) is 3.69. The Morgan fingerprint density at radius 3 is 3.12 bits per heavy atom. The summed E-state index contributed by atoms with van der Waals surface area (Å²) in [6.07, 6.45) is 1.56. The number of carboxylic acid groups (broad SMARTS) is 1. The molecule has 1 N–H and O–H groups in total. The van der Waals surface area contributed by atoms with Crippen LogP contribution in [-0.4, -0.2) is 34.6 Å². The molecule has 0 saturated carbocycles. The molecule has 2 heterocycles. The Balaban J connectivity index is 2.01. The van der Waals surface area contributed by atoms with Gasteiger partial charge < -0.3 is 9.52 Å². The largest absolute Gasteiger partial charge is 0.480 e. The van der Waals surface area contributed by atoms with E-state index in [1.807, 2.05) is 17.5 Å². The number of oxazole rings is 1. The van der Waals surface area contributed by atoms with Crippen LogP contribution in [-0.2, 0) is 11.3 Å². The van der Waals surface area contributed by atoms with Crippen LogP contribution in [0.2, 0.25) is 0 Å². The topological polar surface area (TPSA) is 66.6 Å². The normalized spacial score (nSPS) is 10.9. The molecule has 0 amide bonds. The van der Waals surface area contributed by atoms with Gasteiger partial charge in [-0.3, -0.25) is 9.69 Å². The quantitative estimate of drug-likeness (QED) is 0.880. The molecule has 0 fully saturated rings. The molecule has 0 aromatic carbocycles. The second-order valence-corrected chi connectivity index (χ2v) is 4.64. The van der Waals surface area contributed by atoms with E-state index in [0.717, 1.165) is 10.6 Å². The molecule has 0 aliphatic rings. The first-order chi connectivity index (χ1) is 8.15. The number of aliphatic carboxylic acids is 1. The number of hydrogen-bond acceptors (Lipinski definition) is 5. The minimum Gasteiger partial charge on any atom is -0.480 e. The highest BCUT2D eigenvalue weighted by Crippen LogP contribution is 2.23. The highest BCUT2D eigenvalue weighted by atomic mass is 32.1. The van der Waals surface area contributed by atoms with E-state index in [0.29, 0.717) is 12.4 Å². The summed E-state index contributed by atoms with van der Waals surface area (Å²) in [5, 5.41) is 10.6. The average molecular weight is 252 g/mol. The Kier molecular flexibility index (Phi) is 3.55. The number of likely N-dealkylation sites (N-methyl/N-ethyl adjacent to an activating group) is 1. The number of carbonyl (C=O) groups is 1. The predicted molar refractivity (Wildman–Crippen MR) is 63.8 cm³/mol. The van der Waals surface area contributed by atoms with E-state index < -0.39 is 5.97 Å². The average Bonchev–Trinajstić information content (AvgIpc) is 2.84. The zero-order valence-electron chi connectivity index (χ0n) is 9.29. The van der Waals surface area contributed by atoms with Crippen molar-refractivity contribution >= 4 is 17.3 Å². The smallest absolute Gasteiger partial charge is 0.317 e. The van der Waals surface area contributed by atoms with Gasteiger partial charge in [-0.05, 0) is 18.5 Å². The van der Waals surface area contributed by atoms with Gasteiger partial charge in [-0.25, -0.2) is 4.98 Å². The molecule has 6 heteroatoms. The van der Waals surface area contributed by atoms with Crippen molar-refractivity contribution in [2.75, 3.05) is 13.6 Å². The van der Waals surface area contributed by atoms with Gasteiger partial charge in [0.1, 0.15) is 6.26 Å².